The van der Waals surface area contributed by atoms with Crippen LogP contribution in [-0.4, -0.2) is 39.6 Å². The molecule has 2 amide bonds. The minimum atomic E-state index is -0.148. The van der Waals surface area contributed by atoms with E-state index in [1.54, 1.807) is 18.0 Å². The lowest BCUT2D eigenvalue weighted by atomic mass is 9.97. The molecule has 3 rings (SSSR count). The molecule has 1 aliphatic heterocycles. The molecule has 25 heavy (non-hydrogen) atoms. The molecular formula is C19H24N4O2. The van der Waals surface area contributed by atoms with Crippen molar-refractivity contribution in [1.82, 2.24) is 14.7 Å². The van der Waals surface area contributed by atoms with Crippen LogP contribution in [0.25, 0.3) is 0 Å². The zero-order valence-corrected chi connectivity index (χ0v) is 14.5. The number of amides is 2. The average Bonchev–Trinajstić information content (AvgIpc) is 3.08. The van der Waals surface area contributed by atoms with Gasteiger partial charge < -0.3 is 10.2 Å². The lowest BCUT2D eigenvalue weighted by Crippen LogP contribution is -2.42. The Morgan fingerprint density at radius 1 is 1.28 bits per heavy atom. The molecule has 1 atom stereocenters. The van der Waals surface area contributed by atoms with Gasteiger partial charge in [0, 0.05) is 32.8 Å². The van der Waals surface area contributed by atoms with E-state index in [2.05, 4.69) is 22.5 Å². The molecule has 1 unspecified atom stereocenters. The fourth-order valence-electron chi connectivity index (χ4n) is 3.16. The molecule has 6 heteroatoms. The Hall–Kier alpha value is -2.63. The Bertz CT molecular complexity index is 726. The van der Waals surface area contributed by atoms with Gasteiger partial charge in [-0.05, 0) is 24.8 Å². The Morgan fingerprint density at radius 3 is 2.84 bits per heavy atom. The van der Waals surface area contributed by atoms with Crippen molar-refractivity contribution in [3.63, 3.8) is 0 Å². The first-order valence-electron chi connectivity index (χ1n) is 8.74. The van der Waals surface area contributed by atoms with E-state index in [9.17, 15) is 9.59 Å². The van der Waals surface area contributed by atoms with E-state index >= 15 is 0 Å². The normalized spacial score (nSPS) is 17.3. The second kappa shape index (κ2) is 7.96. The number of aryl methyl sites for hydroxylation is 2. The number of nitrogens with zero attached hydrogens (tertiary/aromatic N) is 3. The van der Waals surface area contributed by atoms with Crippen molar-refractivity contribution in [2.45, 2.75) is 32.7 Å². The standard InChI is InChI=1S/C19H24N4O2/c1-15(24)22-10-5-8-17(13-22)19(25)21-18-12-20-23(14-18)11-9-16-6-3-2-4-7-16/h2-4,6-7,12,14,17H,5,8-11,13H2,1H3,(H,21,25). The Kier molecular flexibility index (Phi) is 5.48. The SMILES string of the molecule is CC(=O)N1CCCC(C(=O)Nc2cnn(CCc3ccccc3)c2)C1. The van der Waals surface area contributed by atoms with Crippen molar-refractivity contribution in [2.24, 2.45) is 5.92 Å². The summed E-state index contributed by atoms with van der Waals surface area (Å²) in [5.41, 5.74) is 1.97. The largest absolute Gasteiger partial charge is 0.342 e. The van der Waals surface area contributed by atoms with E-state index in [1.165, 1.54) is 5.56 Å². The van der Waals surface area contributed by atoms with Crippen LogP contribution < -0.4 is 5.32 Å². The molecule has 1 aliphatic rings. The maximum atomic E-state index is 12.4. The molecule has 0 aliphatic carbocycles. The molecule has 6 nitrogen and oxygen atoms in total. The van der Waals surface area contributed by atoms with Gasteiger partial charge >= 0.3 is 0 Å². The lowest BCUT2D eigenvalue weighted by Gasteiger charge is -2.31. The van der Waals surface area contributed by atoms with Crippen molar-refractivity contribution >= 4 is 17.5 Å². The zero-order chi connectivity index (χ0) is 17.6. The minimum Gasteiger partial charge on any atom is -0.342 e. The number of aromatic nitrogens is 2. The highest BCUT2D eigenvalue weighted by molar-refractivity contribution is 5.92. The van der Waals surface area contributed by atoms with E-state index in [0.29, 0.717) is 12.2 Å². The fraction of sp³-hybridized carbons (Fsp3) is 0.421. The predicted octanol–water partition coefficient (Wildman–Crippen LogP) is 2.32. The first kappa shape index (κ1) is 17.2. The van der Waals surface area contributed by atoms with Crippen molar-refractivity contribution < 1.29 is 9.59 Å². The summed E-state index contributed by atoms with van der Waals surface area (Å²) in [6.45, 7) is 3.57. The molecular weight excluding hydrogens is 316 g/mol. The summed E-state index contributed by atoms with van der Waals surface area (Å²) in [7, 11) is 0. The number of benzene rings is 1. The molecule has 1 aromatic carbocycles. The predicted molar refractivity (Wildman–Crippen MR) is 96.0 cm³/mol. The van der Waals surface area contributed by atoms with Crippen molar-refractivity contribution in [2.75, 3.05) is 18.4 Å². The Labute approximate surface area is 147 Å². The summed E-state index contributed by atoms with van der Waals surface area (Å²) < 4.78 is 1.84. The van der Waals surface area contributed by atoms with Crippen molar-refractivity contribution in [1.29, 1.82) is 0 Å². The van der Waals surface area contributed by atoms with Crippen LogP contribution in [0.5, 0.6) is 0 Å². The summed E-state index contributed by atoms with van der Waals surface area (Å²) >= 11 is 0. The summed E-state index contributed by atoms with van der Waals surface area (Å²) in [5, 5.41) is 7.24. The van der Waals surface area contributed by atoms with Crippen LogP contribution in [-0.2, 0) is 22.6 Å². The third-order valence-electron chi connectivity index (χ3n) is 4.61. The summed E-state index contributed by atoms with van der Waals surface area (Å²) in [4.78, 5) is 25.7. The van der Waals surface area contributed by atoms with E-state index in [1.807, 2.05) is 29.1 Å². The number of piperidine rings is 1. The van der Waals surface area contributed by atoms with E-state index in [4.69, 9.17) is 0 Å². The molecule has 0 spiro atoms. The first-order valence-corrected chi connectivity index (χ1v) is 8.74. The van der Waals surface area contributed by atoms with Gasteiger partial charge in [0.15, 0.2) is 0 Å². The van der Waals surface area contributed by atoms with Crippen LogP contribution in [0.4, 0.5) is 5.69 Å². The van der Waals surface area contributed by atoms with Gasteiger partial charge in [-0.2, -0.15) is 5.10 Å². The molecule has 1 N–H and O–H groups in total. The molecule has 0 saturated carbocycles. The average molecular weight is 340 g/mol. The second-order valence-corrected chi connectivity index (χ2v) is 6.52. The van der Waals surface area contributed by atoms with Gasteiger partial charge in [-0.25, -0.2) is 0 Å². The van der Waals surface area contributed by atoms with Gasteiger partial charge in [0.05, 0.1) is 17.8 Å². The fourth-order valence-corrected chi connectivity index (χ4v) is 3.16. The third kappa shape index (κ3) is 4.68. The van der Waals surface area contributed by atoms with E-state index in [-0.39, 0.29) is 17.7 Å². The molecule has 1 saturated heterocycles. The summed E-state index contributed by atoms with van der Waals surface area (Å²) in [6, 6.07) is 10.2. The van der Waals surface area contributed by atoms with Crippen LogP contribution in [0.3, 0.4) is 0 Å². The highest BCUT2D eigenvalue weighted by Crippen LogP contribution is 2.19. The summed E-state index contributed by atoms with van der Waals surface area (Å²) in [5.74, 6) is -0.148. The van der Waals surface area contributed by atoms with E-state index in [0.717, 1.165) is 32.4 Å². The van der Waals surface area contributed by atoms with Gasteiger partial charge in [-0.1, -0.05) is 30.3 Å². The van der Waals surface area contributed by atoms with Crippen molar-refractivity contribution in [3.05, 3.63) is 48.3 Å². The molecule has 132 valence electrons. The lowest BCUT2D eigenvalue weighted by molar-refractivity contribution is -0.132. The number of carbonyl (C=O) groups is 2. The maximum absolute atomic E-state index is 12.4. The molecule has 2 aromatic rings. The highest BCUT2D eigenvalue weighted by Gasteiger charge is 2.27. The summed E-state index contributed by atoms with van der Waals surface area (Å²) in [6.07, 6.45) is 6.11. The van der Waals surface area contributed by atoms with Crippen LogP contribution in [0.1, 0.15) is 25.3 Å². The van der Waals surface area contributed by atoms with Gasteiger partial charge in [-0.3, -0.25) is 14.3 Å². The van der Waals surface area contributed by atoms with Crippen LogP contribution >= 0.6 is 0 Å². The number of hydrogen-bond donors (Lipinski definition) is 1. The minimum absolute atomic E-state index is 0.0335. The number of likely N-dealkylation sites (tertiary alicyclic amines) is 1. The molecule has 2 heterocycles. The monoisotopic (exact) mass is 340 g/mol. The van der Waals surface area contributed by atoms with Gasteiger partial charge in [0.2, 0.25) is 11.8 Å². The number of anilines is 1. The quantitative estimate of drug-likeness (QED) is 0.908. The van der Waals surface area contributed by atoms with Gasteiger partial charge in [-0.15, -0.1) is 0 Å². The molecule has 1 aromatic heterocycles. The Balaban J connectivity index is 1.52. The molecule has 0 bridgehead atoms. The number of rotatable bonds is 5. The highest BCUT2D eigenvalue weighted by atomic mass is 16.2. The second-order valence-electron chi connectivity index (χ2n) is 6.52. The number of nitrogens with one attached hydrogen (secondary N) is 1. The maximum Gasteiger partial charge on any atom is 0.229 e. The van der Waals surface area contributed by atoms with Crippen LogP contribution in [0, 0.1) is 5.92 Å². The smallest absolute Gasteiger partial charge is 0.229 e. The van der Waals surface area contributed by atoms with Crippen LogP contribution in [0.2, 0.25) is 0 Å². The Morgan fingerprint density at radius 2 is 2.08 bits per heavy atom. The molecule has 1 fully saturated rings. The number of carbonyl (C=O) groups excluding carboxylic acids is 2. The topological polar surface area (TPSA) is 67.2 Å². The van der Waals surface area contributed by atoms with Crippen LogP contribution in [0.15, 0.2) is 42.7 Å². The molecule has 0 radical (unpaired) electrons. The van der Waals surface area contributed by atoms with Gasteiger partial charge in [0.25, 0.3) is 0 Å². The van der Waals surface area contributed by atoms with E-state index < -0.39 is 0 Å². The van der Waals surface area contributed by atoms with Crippen molar-refractivity contribution in [3.8, 4) is 0 Å². The first-order chi connectivity index (χ1) is 12.1. The number of hydrogen-bond acceptors (Lipinski definition) is 3. The zero-order valence-electron chi connectivity index (χ0n) is 14.5. The third-order valence-corrected chi connectivity index (χ3v) is 4.61. The van der Waals surface area contributed by atoms with Gasteiger partial charge in [0.1, 0.15) is 0 Å².